The Labute approximate surface area is 81.1 Å². The molecule has 0 aromatic rings. The Kier molecular flexibility index (Phi) is 3.33. The van der Waals surface area contributed by atoms with E-state index < -0.39 is 0 Å². The molecule has 0 bridgehead atoms. The molecule has 78 valence electrons. The van der Waals surface area contributed by atoms with Crippen LogP contribution in [0.15, 0.2) is 0 Å². The summed E-state index contributed by atoms with van der Waals surface area (Å²) in [6.45, 7) is 11.6. The van der Waals surface area contributed by atoms with E-state index in [1.54, 1.807) is 0 Å². The van der Waals surface area contributed by atoms with Crippen LogP contribution >= 0.6 is 0 Å². The number of aliphatic hydroxyl groups excluding tert-OH is 1. The second-order valence-corrected chi connectivity index (χ2v) is 4.72. The number of β-amino-alcohol motifs (C(OH)–C–C–N with tert-alkyl or cyclic N) is 1. The molecule has 1 heterocycles. The molecule has 1 atom stereocenters. The van der Waals surface area contributed by atoms with E-state index in [2.05, 4.69) is 37.9 Å². The fraction of sp³-hybridized carbons (Fsp3) is 1.00. The summed E-state index contributed by atoms with van der Waals surface area (Å²) < 4.78 is 0. The summed E-state index contributed by atoms with van der Waals surface area (Å²) >= 11 is 0. The van der Waals surface area contributed by atoms with Gasteiger partial charge in [0.2, 0.25) is 0 Å². The molecule has 1 aliphatic rings. The Bertz CT molecular complexity index is 168. The van der Waals surface area contributed by atoms with E-state index in [0.717, 1.165) is 19.6 Å². The average molecular weight is 186 g/mol. The molecule has 1 rings (SSSR count). The van der Waals surface area contributed by atoms with Crippen LogP contribution in [0.4, 0.5) is 0 Å². The van der Waals surface area contributed by atoms with Crippen LogP contribution < -0.4 is 5.32 Å². The maximum absolute atomic E-state index is 9.47. The highest BCUT2D eigenvalue weighted by atomic mass is 16.3. The van der Waals surface area contributed by atoms with E-state index in [0.29, 0.717) is 5.92 Å². The zero-order valence-corrected chi connectivity index (χ0v) is 9.17. The fourth-order valence-electron chi connectivity index (χ4n) is 1.62. The minimum atomic E-state index is -0.355. The monoisotopic (exact) mass is 186 g/mol. The van der Waals surface area contributed by atoms with Crippen molar-refractivity contribution in [2.24, 2.45) is 5.92 Å². The number of nitrogens with zero attached hydrogens (tertiary/aromatic N) is 1. The van der Waals surface area contributed by atoms with E-state index in [-0.39, 0.29) is 11.8 Å². The Balaban J connectivity index is 2.59. The van der Waals surface area contributed by atoms with Crippen molar-refractivity contribution in [1.29, 1.82) is 0 Å². The molecule has 0 radical (unpaired) electrons. The minimum Gasteiger partial charge on any atom is -0.377 e. The van der Waals surface area contributed by atoms with Gasteiger partial charge in [-0.3, -0.25) is 10.2 Å². The van der Waals surface area contributed by atoms with E-state index >= 15 is 0 Å². The quantitative estimate of drug-likeness (QED) is 0.664. The van der Waals surface area contributed by atoms with Gasteiger partial charge in [-0.15, -0.1) is 0 Å². The van der Waals surface area contributed by atoms with Crippen molar-refractivity contribution in [1.82, 2.24) is 10.2 Å². The summed E-state index contributed by atoms with van der Waals surface area (Å²) in [5.41, 5.74) is 0.184. The van der Waals surface area contributed by atoms with Crippen LogP contribution in [0.1, 0.15) is 27.7 Å². The van der Waals surface area contributed by atoms with Gasteiger partial charge in [0.1, 0.15) is 6.23 Å². The lowest BCUT2D eigenvalue weighted by atomic mass is 9.88. The molecule has 0 amide bonds. The molecule has 3 heteroatoms. The molecule has 1 fully saturated rings. The van der Waals surface area contributed by atoms with E-state index in [1.807, 2.05) is 0 Å². The van der Waals surface area contributed by atoms with Crippen LogP contribution in [-0.2, 0) is 0 Å². The smallest absolute Gasteiger partial charge is 0.117 e. The largest absolute Gasteiger partial charge is 0.377 e. The lowest BCUT2D eigenvalue weighted by Gasteiger charge is -2.45. The molecule has 0 aliphatic carbocycles. The number of hydrogen-bond acceptors (Lipinski definition) is 3. The van der Waals surface area contributed by atoms with Gasteiger partial charge >= 0.3 is 0 Å². The average Bonchev–Trinajstić information content (AvgIpc) is 2.04. The van der Waals surface area contributed by atoms with Crippen molar-refractivity contribution in [3.05, 3.63) is 0 Å². The first-order valence-electron chi connectivity index (χ1n) is 5.11. The van der Waals surface area contributed by atoms with Gasteiger partial charge < -0.3 is 5.11 Å². The maximum atomic E-state index is 9.47. The van der Waals surface area contributed by atoms with Crippen molar-refractivity contribution < 1.29 is 5.11 Å². The first-order valence-corrected chi connectivity index (χ1v) is 5.11. The van der Waals surface area contributed by atoms with Crippen LogP contribution in [0, 0.1) is 5.92 Å². The zero-order valence-electron chi connectivity index (χ0n) is 9.17. The molecule has 0 aromatic heterocycles. The van der Waals surface area contributed by atoms with Gasteiger partial charge in [-0.2, -0.15) is 0 Å². The number of rotatable bonds is 2. The molecular weight excluding hydrogens is 164 g/mol. The Morgan fingerprint density at radius 3 is 2.54 bits per heavy atom. The van der Waals surface area contributed by atoms with E-state index in [4.69, 9.17) is 0 Å². The molecule has 1 unspecified atom stereocenters. The fourth-order valence-corrected chi connectivity index (χ4v) is 1.62. The number of aliphatic hydroxyl groups is 1. The normalized spacial score (nSPS) is 26.8. The molecule has 1 saturated heterocycles. The van der Waals surface area contributed by atoms with Gasteiger partial charge in [-0.05, 0) is 19.8 Å². The van der Waals surface area contributed by atoms with Gasteiger partial charge in [0.05, 0.1) is 0 Å². The molecule has 3 nitrogen and oxygen atoms in total. The summed E-state index contributed by atoms with van der Waals surface area (Å²) in [7, 11) is 0. The van der Waals surface area contributed by atoms with E-state index in [1.165, 1.54) is 0 Å². The van der Waals surface area contributed by atoms with Crippen molar-refractivity contribution in [2.75, 3.05) is 19.6 Å². The SMILES string of the molecule is CC(C)C(C)(C)N1CCNC(O)C1. The number of piperazine rings is 1. The Morgan fingerprint density at radius 2 is 2.08 bits per heavy atom. The van der Waals surface area contributed by atoms with Gasteiger partial charge in [0, 0.05) is 25.2 Å². The van der Waals surface area contributed by atoms with Gasteiger partial charge in [-0.25, -0.2) is 0 Å². The second kappa shape index (κ2) is 3.95. The molecule has 2 N–H and O–H groups in total. The number of hydrogen-bond donors (Lipinski definition) is 2. The molecule has 13 heavy (non-hydrogen) atoms. The highest BCUT2D eigenvalue weighted by molar-refractivity contribution is 4.88. The molecule has 0 aromatic carbocycles. The second-order valence-electron chi connectivity index (χ2n) is 4.72. The van der Waals surface area contributed by atoms with Crippen molar-refractivity contribution in [3.63, 3.8) is 0 Å². The summed E-state index contributed by atoms with van der Waals surface area (Å²) in [6, 6.07) is 0. The highest BCUT2D eigenvalue weighted by Crippen LogP contribution is 2.24. The van der Waals surface area contributed by atoms with Crippen molar-refractivity contribution in [3.8, 4) is 0 Å². The zero-order chi connectivity index (χ0) is 10.1. The minimum absolute atomic E-state index is 0.184. The highest BCUT2D eigenvalue weighted by Gasteiger charge is 2.32. The predicted octanol–water partition coefficient (Wildman–Crippen LogP) is 0.645. The topological polar surface area (TPSA) is 35.5 Å². The molecular formula is C10H22N2O. The van der Waals surface area contributed by atoms with Gasteiger partial charge in [0.15, 0.2) is 0 Å². The van der Waals surface area contributed by atoms with E-state index in [9.17, 15) is 5.11 Å². The van der Waals surface area contributed by atoms with Crippen LogP contribution in [0.3, 0.4) is 0 Å². The van der Waals surface area contributed by atoms with Crippen molar-refractivity contribution in [2.45, 2.75) is 39.5 Å². The van der Waals surface area contributed by atoms with Crippen LogP contribution in [0.2, 0.25) is 0 Å². The van der Waals surface area contributed by atoms with Crippen molar-refractivity contribution >= 4 is 0 Å². The lowest BCUT2D eigenvalue weighted by Crippen LogP contribution is -2.59. The maximum Gasteiger partial charge on any atom is 0.117 e. The molecule has 0 spiro atoms. The standard InChI is InChI=1S/C10H22N2O/c1-8(2)10(3,4)12-6-5-11-9(13)7-12/h8-9,11,13H,5-7H2,1-4H3. The summed E-state index contributed by atoms with van der Waals surface area (Å²) in [5, 5.41) is 12.5. The first kappa shape index (κ1) is 11.0. The van der Waals surface area contributed by atoms with Crippen LogP contribution in [0.5, 0.6) is 0 Å². The third-order valence-corrected chi connectivity index (χ3v) is 3.38. The lowest BCUT2D eigenvalue weighted by molar-refractivity contribution is -0.0125. The van der Waals surface area contributed by atoms with Gasteiger partial charge in [0.25, 0.3) is 0 Å². The summed E-state index contributed by atoms with van der Waals surface area (Å²) in [6.07, 6.45) is -0.355. The third kappa shape index (κ3) is 2.42. The number of nitrogens with one attached hydrogen (secondary N) is 1. The molecule has 0 saturated carbocycles. The third-order valence-electron chi connectivity index (χ3n) is 3.38. The first-order chi connectivity index (χ1) is 5.94. The summed E-state index contributed by atoms with van der Waals surface area (Å²) in [5.74, 6) is 0.609. The molecule has 1 aliphatic heterocycles. The van der Waals surface area contributed by atoms with Crippen LogP contribution in [0.25, 0.3) is 0 Å². The Morgan fingerprint density at radius 1 is 1.46 bits per heavy atom. The predicted molar refractivity (Wildman–Crippen MR) is 54.5 cm³/mol. The Hall–Kier alpha value is -0.120. The van der Waals surface area contributed by atoms with Crippen LogP contribution in [-0.4, -0.2) is 41.4 Å². The van der Waals surface area contributed by atoms with Gasteiger partial charge in [-0.1, -0.05) is 13.8 Å². The summed E-state index contributed by atoms with van der Waals surface area (Å²) in [4.78, 5) is 2.36.